The predicted octanol–water partition coefficient (Wildman–Crippen LogP) is 3.27. The summed E-state index contributed by atoms with van der Waals surface area (Å²) in [6.07, 6.45) is 1.78. The van der Waals surface area contributed by atoms with Crippen LogP contribution in [0.1, 0.15) is 30.0 Å². The Morgan fingerprint density at radius 3 is 2.24 bits per heavy atom. The summed E-state index contributed by atoms with van der Waals surface area (Å²) in [5.74, 6) is -0.303. The number of hydrogen-bond acceptors (Lipinski definition) is 4. The number of nitrogens with zero attached hydrogens (tertiary/aromatic N) is 2. The average Bonchev–Trinajstić information content (AvgIpc) is 2.66. The van der Waals surface area contributed by atoms with Gasteiger partial charge in [-0.05, 0) is 24.0 Å². The number of carbonyl (C=O) groups excluding carboxylic acids is 1. The third-order valence-corrected chi connectivity index (χ3v) is 4.65. The molecule has 1 atom stereocenters. The summed E-state index contributed by atoms with van der Waals surface area (Å²) in [6, 6.07) is 18.5. The molecule has 2 aromatic carbocycles. The number of nitroso groups, excluding NO2 is 1. The minimum absolute atomic E-state index is 0.104. The molecule has 130 valence electrons. The van der Waals surface area contributed by atoms with Crippen LogP contribution < -0.4 is 5.32 Å². The first-order chi connectivity index (χ1) is 12.3. The van der Waals surface area contributed by atoms with Gasteiger partial charge < -0.3 is 5.32 Å². The molecule has 1 fully saturated rings. The minimum Gasteiger partial charge on any atom is -0.351 e. The fourth-order valence-electron chi connectivity index (χ4n) is 3.25. The molecule has 1 aliphatic heterocycles. The minimum atomic E-state index is -0.969. The number of benzene rings is 2. The Morgan fingerprint density at radius 2 is 1.64 bits per heavy atom. The Labute approximate surface area is 148 Å². The second-order valence-corrected chi connectivity index (χ2v) is 6.46. The maximum atomic E-state index is 12.4. The Balaban J connectivity index is 1.50. The van der Waals surface area contributed by atoms with E-state index in [-0.39, 0.29) is 11.9 Å². The maximum absolute atomic E-state index is 12.4. The first kappa shape index (κ1) is 17.3. The summed E-state index contributed by atoms with van der Waals surface area (Å²) in [5, 5.41) is 6.02. The molecule has 3 rings (SSSR count). The number of amides is 1. The highest BCUT2D eigenvalue weighted by atomic mass is 16.3. The van der Waals surface area contributed by atoms with Gasteiger partial charge in [0, 0.05) is 25.7 Å². The molecular formula is C20H23N3O2. The van der Waals surface area contributed by atoms with Crippen LogP contribution in [-0.4, -0.2) is 29.9 Å². The van der Waals surface area contributed by atoms with E-state index in [1.807, 2.05) is 24.3 Å². The van der Waals surface area contributed by atoms with Crippen LogP contribution in [0.25, 0.3) is 0 Å². The predicted molar refractivity (Wildman–Crippen MR) is 97.9 cm³/mol. The zero-order valence-corrected chi connectivity index (χ0v) is 14.2. The number of hydrogen-bond donors (Lipinski definition) is 1. The molecule has 1 amide bonds. The number of likely N-dealkylation sites (tertiary alicyclic amines) is 1. The van der Waals surface area contributed by atoms with Gasteiger partial charge >= 0.3 is 0 Å². The van der Waals surface area contributed by atoms with Crippen LogP contribution in [0.2, 0.25) is 0 Å². The summed E-state index contributed by atoms with van der Waals surface area (Å²) >= 11 is 0. The molecule has 0 bridgehead atoms. The lowest BCUT2D eigenvalue weighted by Gasteiger charge is -2.32. The summed E-state index contributed by atoms with van der Waals surface area (Å²) in [5.41, 5.74) is 1.94. The number of carbonyl (C=O) groups is 1. The zero-order valence-electron chi connectivity index (χ0n) is 14.2. The van der Waals surface area contributed by atoms with Crippen LogP contribution in [0.3, 0.4) is 0 Å². The van der Waals surface area contributed by atoms with Crippen molar-refractivity contribution < 1.29 is 4.79 Å². The molecule has 5 heteroatoms. The van der Waals surface area contributed by atoms with Gasteiger partial charge in [-0.3, -0.25) is 9.69 Å². The van der Waals surface area contributed by atoms with Crippen molar-refractivity contribution in [1.82, 2.24) is 10.2 Å². The number of piperidine rings is 1. The van der Waals surface area contributed by atoms with Crippen LogP contribution >= 0.6 is 0 Å². The molecular weight excluding hydrogens is 314 g/mol. The topological polar surface area (TPSA) is 61.8 Å². The van der Waals surface area contributed by atoms with Gasteiger partial charge in [-0.25, -0.2) is 0 Å². The molecule has 0 aromatic heterocycles. The van der Waals surface area contributed by atoms with Crippen LogP contribution in [-0.2, 0) is 11.3 Å². The molecule has 0 aliphatic carbocycles. The SMILES string of the molecule is O=N[C@@H](C(=O)NC1CCN(Cc2ccccc2)CC1)c1ccccc1. The molecule has 1 heterocycles. The van der Waals surface area contributed by atoms with Gasteiger partial charge in [-0.15, -0.1) is 4.91 Å². The van der Waals surface area contributed by atoms with Crippen molar-refractivity contribution in [3.8, 4) is 0 Å². The van der Waals surface area contributed by atoms with E-state index < -0.39 is 6.04 Å². The first-order valence-electron chi connectivity index (χ1n) is 8.70. The second kappa shape index (κ2) is 8.53. The van der Waals surface area contributed by atoms with E-state index in [2.05, 4.69) is 39.7 Å². The Morgan fingerprint density at radius 1 is 1.04 bits per heavy atom. The van der Waals surface area contributed by atoms with E-state index in [0.29, 0.717) is 5.56 Å². The van der Waals surface area contributed by atoms with Crippen molar-refractivity contribution in [2.24, 2.45) is 5.18 Å². The van der Waals surface area contributed by atoms with Gasteiger partial charge in [0.05, 0.1) is 0 Å². The smallest absolute Gasteiger partial charge is 0.253 e. The molecule has 0 saturated carbocycles. The van der Waals surface area contributed by atoms with Crippen LogP contribution in [0.4, 0.5) is 0 Å². The summed E-state index contributed by atoms with van der Waals surface area (Å²) in [7, 11) is 0. The van der Waals surface area contributed by atoms with Crippen LogP contribution in [0.5, 0.6) is 0 Å². The van der Waals surface area contributed by atoms with Gasteiger partial charge in [0.1, 0.15) is 0 Å². The van der Waals surface area contributed by atoms with Crippen molar-refractivity contribution >= 4 is 5.91 Å². The molecule has 25 heavy (non-hydrogen) atoms. The molecule has 0 spiro atoms. The lowest BCUT2D eigenvalue weighted by Crippen LogP contribution is -2.45. The summed E-state index contributed by atoms with van der Waals surface area (Å²) in [4.78, 5) is 25.9. The standard InChI is InChI=1S/C20H23N3O2/c24-20(19(22-25)17-9-5-2-6-10-17)21-18-11-13-23(14-12-18)15-16-7-3-1-4-8-16/h1-10,18-19H,11-15H2,(H,21,24)/t19-/m1/s1. The molecule has 2 aromatic rings. The van der Waals surface area contributed by atoms with Crippen molar-refractivity contribution in [2.75, 3.05) is 13.1 Å². The van der Waals surface area contributed by atoms with E-state index in [4.69, 9.17) is 0 Å². The molecule has 1 saturated heterocycles. The van der Waals surface area contributed by atoms with E-state index in [1.165, 1.54) is 5.56 Å². The van der Waals surface area contributed by atoms with E-state index in [9.17, 15) is 9.70 Å². The monoisotopic (exact) mass is 337 g/mol. The largest absolute Gasteiger partial charge is 0.351 e. The zero-order chi connectivity index (χ0) is 17.5. The molecule has 5 nitrogen and oxygen atoms in total. The first-order valence-corrected chi connectivity index (χ1v) is 8.70. The highest BCUT2D eigenvalue weighted by molar-refractivity contribution is 5.83. The van der Waals surface area contributed by atoms with Crippen LogP contribution in [0, 0.1) is 4.91 Å². The van der Waals surface area contributed by atoms with Crippen molar-refractivity contribution in [2.45, 2.75) is 31.5 Å². The fourth-order valence-corrected chi connectivity index (χ4v) is 3.25. The third-order valence-electron chi connectivity index (χ3n) is 4.65. The van der Waals surface area contributed by atoms with Gasteiger partial charge in [0.25, 0.3) is 5.91 Å². The summed E-state index contributed by atoms with van der Waals surface area (Å²) in [6.45, 7) is 2.80. The quantitative estimate of drug-likeness (QED) is 0.823. The van der Waals surface area contributed by atoms with Gasteiger partial charge in [-0.1, -0.05) is 65.8 Å². The van der Waals surface area contributed by atoms with Gasteiger partial charge in [0.2, 0.25) is 0 Å². The number of rotatable bonds is 6. The van der Waals surface area contributed by atoms with E-state index in [1.54, 1.807) is 12.1 Å². The fraction of sp³-hybridized carbons (Fsp3) is 0.350. The number of nitrogens with one attached hydrogen (secondary N) is 1. The molecule has 1 N–H and O–H groups in total. The second-order valence-electron chi connectivity index (χ2n) is 6.46. The van der Waals surface area contributed by atoms with Gasteiger partial charge in [-0.2, -0.15) is 0 Å². The van der Waals surface area contributed by atoms with Crippen molar-refractivity contribution in [3.05, 3.63) is 76.7 Å². The lowest BCUT2D eigenvalue weighted by molar-refractivity contribution is -0.123. The highest BCUT2D eigenvalue weighted by Crippen LogP contribution is 2.19. The Bertz CT molecular complexity index is 683. The lowest BCUT2D eigenvalue weighted by atomic mass is 10.0. The van der Waals surface area contributed by atoms with E-state index >= 15 is 0 Å². The average molecular weight is 337 g/mol. The highest BCUT2D eigenvalue weighted by Gasteiger charge is 2.26. The van der Waals surface area contributed by atoms with Crippen LogP contribution in [0.15, 0.2) is 65.8 Å². The Kier molecular flexibility index (Phi) is 5.90. The van der Waals surface area contributed by atoms with Crippen molar-refractivity contribution in [3.63, 3.8) is 0 Å². The van der Waals surface area contributed by atoms with Crippen molar-refractivity contribution in [1.29, 1.82) is 0 Å². The normalized spacial score (nSPS) is 17.0. The third kappa shape index (κ3) is 4.73. The Hall–Kier alpha value is -2.53. The molecule has 1 aliphatic rings. The molecule has 0 radical (unpaired) electrons. The van der Waals surface area contributed by atoms with E-state index in [0.717, 1.165) is 32.5 Å². The molecule has 0 unspecified atom stereocenters. The maximum Gasteiger partial charge on any atom is 0.253 e. The van der Waals surface area contributed by atoms with Gasteiger partial charge in [0.15, 0.2) is 6.04 Å². The summed E-state index contributed by atoms with van der Waals surface area (Å²) < 4.78 is 0.